The molecule has 2 fully saturated rings. The van der Waals surface area contributed by atoms with Gasteiger partial charge in [-0.3, -0.25) is 0 Å². The van der Waals surface area contributed by atoms with E-state index in [0.717, 1.165) is 5.92 Å². The zero-order chi connectivity index (χ0) is 6.70. The van der Waals surface area contributed by atoms with E-state index in [2.05, 4.69) is 13.8 Å². The molecule has 0 bridgehead atoms. The molecular weight excluding hydrogens is 110 g/mol. The minimum atomic E-state index is 0.164. The molecule has 52 valence electrons. The van der Waals surface area contributed by atoms with Crippen molar-refractivity contribution in [2.24, 2.45) is 17.1 Å². The molecule has 0 aliphatic heterocycles. The van der Waals surface area contributed by atoms with Crippen LogP contribution in [-0.4, -0.2) is 5.54 Å². The monoisotopic (exact) mass is 125 g/mol. The predicted octanol–water partition coefficient (Wildman–Crippen LogP) is 1.52. The van der Waals surface area contributed by atoms with Gasteiger partial charge in [-0.15, -0.1) is 0 Å². The summed E-state index contributed by atoms with van der Waals surface area (Å²) in [5, 5.41) is 0. The summed E-state index contributed by atoms with van der Waals surface area (Å²) in [7, 11) is 0. The number of fused-ring (bicyclic) bond motifs is 1. The second kappa shape index (κ2) is 1.20. The molecule has 2 aliphatic carbocycles. The average Bonchev–Trinajstić information content (AvgIpc) is 2.34. The van der Waals surface area contributed by atoms with Crippen LogP contribution >= 0.6 is 0 Å². The quantitative estimate of drug-likeness (QED) is 0.522. The van der Waals surface area contributed by atoms with E-state index in [0.29, 0.717) is 5.41 Å². The topological polar surface area (TPSA) is 26.0 Å². The predicted molar refractivity (Wildman–Crippen MR) is 38.0 cm³/mol. The maximum absolute atomic E-state index is 6.10. The summed E-state index contributed by atoms with van der Waals surface area (Å²) >= 11 is 0. The number of nitrogens with two attached hydrogens (primary N) is 1. The van der Waals surface area contributed by atoms with E-state index in [1.807, 2.05) is 0 Å². The van der Waals surface area contributed by atoms with Crippen molar-refractivity contribution < 1.29 is 0 Å². The summed E-state index contributed by atoms with van der Waals surface area (Å²) in [6.07, 6.45) is 4.01. The molecule has 2 saturated carbocycles. The fourth-order valence-electron chi connectivity index (χ4n) is 2.33. The van der Waals surface area contributed by atoms with Gasteiger partial charge in [0.15, 0.2) is 0 Å². The van der Waals surface area contributed by atoms with Gasteiger partial charge in [0.1, 0.15) is 0 Å². The molecule has 1 nitrogen and oxygen atoms in total. The van der Waals surface area contributed by atoms with Crippen LogP contribution in [0.5, 0.6) is 0 Å². The second-order valence-corrected chi connectivity index (χ2v) is 4.27. The fourth-order valence-corrected chi connectivity index (χ4v) is 2.33. The molecular formula is C8H15N. The van der Waals surface area contributed by atoms with E-state index in [9.17, 15) is 0 Å². The van der Waals surface area contributed by atoms with Crippen LogP contribution in [0.4, 0.5) is 0 Å². The molecule has 2 N–H and O–H groups in total. The molecule has 0 saturated heterocycles. The van der Waals surface area contributed by atoms with Crippen LogP contribution < -0.4 is 5.73 Å². The Labute approximate surface area is 56.6 Å². The van der Waals surface area contributed by atoms with Gasteiger partial charge in [-0.05, 0) is 37.5 Å². The highest BCUT2D eigenvalue weighted by Gasteiger charge is 2.63. The average molecular weight is 125 g/mol. The Morgan fingerprint density at radius 1 is 1.44 bits per heavy atom. The number of hydrogen-bond acceptors (Lipinski definition) is 1. The van der Waals surface area contributed by atoms with Crippen LogP contribution in [0.3, 0.4) is 0 Å². The fraction of sp³-hybridized carbons (Fsp3) is 1.00. The van der Waals surface area contributed by atoms with Gasteiger partial charge < -0.3 is 5.73 Å². The van der Waals surface area contributed by atoms with E-state index < -0.39 is 0 Å². The molecule has 2 aliphatic rings. The van der Waals surface area contributed by atoms with Crippen LogP contribution in [-0.2, 0) is 0 Å². The third kappa shape index (κ3) is 0.493. The highest BCUT2D eigenvalue weighted by molar-refractivity contribution is 5.17. The molecule has 0 amide bonds. The Balaban J connectivity index is 2.28. The minimum Gasteiger partial charge on any atom is -0.325 e. The van der Waals surface area contributed by atoms with Crippen LogP contribution in [0.2, 0.25) is 0 Å². The Kier molecular flexibility index (Phi) is 0.760. The zero-order valence-electron chi connectivity index (χ0n) is 6.28. The first kappa shape index (κ1) is 5.72. The first-order valence-corrected chi connectivity index (χ1v) is 3.85. The van der Waals surface area contributed by atoms with Gasteiger partial charge in [0.2, 0.25) is 0 Å². The highest BCUT2D eigenvalue weighted by Crippen LogP contribution is 2.66. The summed E-state index contributed by atoms with van der Waals surface area (Å²) in [5.41, 5.74) is 6.80. The van der Waals surface area contributed by atoms with Crippen molar-refractivity contribution in [3.63, 3.8) is 0 Å². The molecule has 3 atom stereocenters. The summed E-state index contributed by atoms with van der Waals surface area (Å²) in [5.74, 6) is 0.979. The lowest BCUT2D eigenvalue weighted by molar-refractivity contribution is 0.315. The molecule has 0 aromatic rings. The van der Waals surface area contributed by atoms with Crippen LogP contribution in [0.1, 0.15) is 33.1 Å². The number of rotatable bonds is 0. The van der Waals surface area contributed by atoms with E-state index in [1.165, 1.54) is 19.3 Å². The van der Waals surface area contributed by atoms with Crippen molar-refractivity contribution in [3.05, 3.63) is 0 Å². The molecule has 1 heteroatoms. The van der Waals surface area contributed by atoms with Gasteiger partial charge >= 0.3 is 0 Å². The third-order valence-electron chi connectivity index (χ3n) is 3.73. The molecule has 0 radical (unpaired) electrons. The van der Waals surface area contributed by atoms with E-state index >= 15 is 0 Å². The summed E-state index contributed by atoms with van der Waals surface area (Å²) in [6.45, 7) is 4.55. The Bertz CT molecular complexity index is 146. The van der Waals surface area contributed by atoms with Crippen molar-refractivity contribution in [2.45, 2.75) is 38.6 Å². The van der Waals surface area contributed by atoms with Crippen LogP contribution in [0.25, 0.3) is 0 Å². The molecule has 0 heterocycles. The highest BCUT2D eigenvalue weighted by atomic mass is 14.9. The normalized spacial score (nSPS) is 63.7. The lowest BCUT2D eigenvalue weighted by atomic mass is 9.86. The second-order valence-electron chi connectivity index (χ2n) is 4.27. The SMILES string of the molecule is CC1(N)CCC2CC21C. The lowest BCUT2D eigenvalue weighted by Crippen LogP contribution is -2.41. The van der Waals surface area contributed by atoms with Crippen molar-refractivity contribution in [1.29, 1.82) is 0 Å². The largest absolute Gasteiger partial charge is 0.325 e. The van der Waals surface area contributed by atoms with E-state index in [-0.39, 0.29) is 5.54 Å². The summed E-state index contributed by atoms with van der Waals surface area (Å²) in [6, 6.07) is 0. The van der Waals surface area contributed by atoms with Crippen molar-refractivity contribution in [2.75, 3.05) is 0 Å². The number of hydrogen-bond donors (Lipinski definition) is 1. The van der Waals surface area contributed by atoms with Gasteiger partial charge in [-0.1, -0.05) is 6.92 Å². The van der Waals surface area contributed by atoms with Crippen molar-refractivity contribution >= 4 is 0 Å². The van der Waals surface area contributed by atoms with Gasteiger partial charge in [0, 0.05) is 5.54 Å². The molecule has 9 heavy (non-hydrogen) atoms. The van der Waals surface area contributed by atoms with Crippen molar-refractivity contribution in [1.82, 2.24) is 0 Å². The van der Waals surface area contributed by atoms with E-state index in [4.69, 9.17) is 5.73 Å². The first-order valence-electron chi connectivity index (χ1n) is 3.85. The molecule has 3 unspecified atom stereocenters. The van der Waals surface area contributed by atoms with Crippen molar-refractivity contribution in [3.8, 4) is 0 Å². The Morgan fingerprint density at radius 2 is 2.11 bits per heavy atom. The smallest absolute Gasteiger partial charge is 0.0182 e. The van der Waals surface area contributed by atoms with Gasteiger partial charge in [0.05, 0.1) is 0 Å². The maximum Gasteiger partial charge on any atom is 0.0182 e. The van der Waals surface area contributed by atoms with Crippen LogP contribution in [0.15, 0.2) is 0 Å². The molecule has 0 aromatic heterocycles. The van der Waals surface area contributed by atoms with Crippen LogP contribution in [0, 0.1) is 11.3 Å². The van der Waals surface area contributed by atoms with Gasteiger partial charge in [0.25, 0.3) is 0 Å². The minimum absolute atomic E-state index is 0.164. The summed E-state index contributed by atoms with van der Waals surface area (Å²) in [4.78, 5) is 0. The summed E-state index contributed by atoms with van der Waals surface area (Å²) < 4.78 is 0. The molecule has 0 spiro atoms. The Morgan fingerprint density at radius 3 is 2.22 bits per heavy atom. The zero-order valence-corrected chi connectivity index (χ0v) is 6.28. The third-order valence-corrected chi connectivity index (χ3v) is 3.73. The Hall–Kier alpha value is -0.0400. The lowest BCUT2D eigenvalue weighted by Gasteiger charge is -2.27. The van der Waals surface area contributed by atoms with Gasteiger partial charge in [-0.25, -0.2) is 0 Å². The van der Waals surface area contributed by atoms with Gasteiger partial charge in [-0.2, -0.15) is 0 Å². The molecule has 2 rings (SSSR count). The molecule has 0 aromatic carbocycles. The van der Waals surface area contributed by atoms with E-state index in [1.54, 1.807) is 0 Å². The first-order chi connectivity index (χ1) is 4.06. The maximum atomic E-state index is 6.10. The standard InChI is InChI=1S/C8H15N/c1-7-5-6(7)3-4-8(7,2)9/h6H,3-5,9H2,1-2H3.